The van der Waals surface area contributed by atoms with Crippen molar-refractivity contribution in [1.29, 1.82) is 0 Å². The quantitative estimate of drug-likeness (QED) is 0.765. The van der Waals surface area contributed by atoms with E-state index in [9.17, 15) is 4.79 Å². The molecule has 3 heteroatoms. The van der Waals surface area contributed by atoms with E-state index in [1.165, 1.54) is 5.56 Å². The SMILES string of the molecule is O=C1Nc2ccccc2C1CCCCNCc1ccccc1. The fraction of sp³-hybridized carbons (Fsp3) is 0.316. The highest BCUT2D eigenvalue weighted by Gasteiger charge is 2.29. The molecule has 22 heavy (non-hydrogen) atoms. The summed E-state index contributed by atoms with van der Waals surface area (Å²) in [6.07, 6.45) is 3.09. The number of carbonyl (C=O) groups is 1. The van der Waals surface area contributed by atoms with Crippen LogP contribution in [0, 0.1) is 0 Å². The average Bonchev–Trinajstić information content (AvgIpc) is 2.87. The molecule has 0 aromatic heterocycles. The van der Waals surface area contributed by atoms with Crippen molar-refractivity contribution < 1.29 is 4.79 Å². The topological polar surface area (TPSA) is 41.1 Å². The van der Waals surface area contributed by atoms with Gasteiger partial charge in [0.15, 0.2) is 0 Å². The fourth-order valence-corrected chi connectivity index (χ4v) is 2.99. The molecule has 0 spiro atoms. The zero-order valence-electron chi connectivity index (χ0n) is 12.7. The molecule has 0 radical (unpaired) electrons. The van der Waals surface area contributed by atoms with E-state index in [4.69, 9.17) is 0 Å². The van der Waals surface area contributed by atoms with E-state index in [0.29, 0.717) is 0 Å². The van der Waals surface area contributed by atoms with Crippen LogP contribution in [0.15, 0.2) is 54.6 Å². The molecule has 2 N–H and O–H groups in total. The molecule has 2 aromatic carbocycles. The molecule has 0 aliphatic carbocycles. The summed E-state index contributed by atoms with van der Waals surface area (Å²) < 4.78 is 0. The summed E-state index contributed by atoms with van der Waals surface area (Å²) in [5, 5.41) is 6.42. The second-order valence-electron chi connectivity index (χ2n) is 5.79. The number of rotatable bonds is 7. The summed E-state index contributed by atoms with van der Waals surface area (Å²) in [5.74, 6) is 0.184. The zero-order chi connectivity index (χ0) is 15.2. The van der Waals surface area contributed by atoms with Crippen molar-refractivity contribution in [2.75, 3.05) is 11.9 Å². The summed E-state index contributed by atoms with van der Waals surface area (Å²) >= 11 is 0. The molecule has 1 heterocycles. The Labute approximate surface area is 131 Å². The Morgan fingerprint density at radius 1 is 0.955 bits per heavy atom. The maximum atomic E-state index is 12.0. The van der Waals surface area contributed by atoms with Gasteiger partial charge >= 0.3 is 0 Å². The molecule has 1 amide bonds. The van der Waals surface area contributed by atoms with Crippen LogP contribution in [0.1, 0.15) is 36.3 Å². The van der Waals surface area contributed by atoms with Gasteiger partial charge < -0.3 is 10.6 Å². The Morgan fingerprint density at radius 2 is 1.73 bits per heavy atom. The van der Waals surface area contributed by atoms with E-state index in [1.807, 2.05) is 24.3 Å². The highest BCUT2D eigenvalue weighted by atomic mass is 16.2. The van der Waals surface area contributed by atoms with Gasteiger partial charge in [0.25, 0.3) is 0 Å². The van der Waals surface area contributed by atoms with E-state index in [1.54, 1.807) is 0 Å². The molecule has 1 unspecified atom stereocenters. The van der Waals surface area contributed by atoms with Gasteiger partial charge in [0.05, 0.1) is 5.92 Å². The summed E-state index contributed by atoms with van der Waals surface area (Å²) in [4.78, 5) is 12.0. The van der Waals surface area contributed by atoms with Gasteiger partial charge in [-0.25, -0.2) is 0 Å². The van der Waals surface area contributed by atoms with E-state index in [0.717, 1.165) is 43.6 Å². The minimum Gasteiger partial charge on any atom is -0.325 e. The number of hydrogen-bond acceptors (Lipinski definition) is 2. The summed E-state index contributed by atoms with van der Waals surface area (Å²) in [6.45, 7) is 1.90. The van der Waals surface area contributed by atoms with Crippen LogP contribution in [0.3, 0.4) is 0 Å². The van der Waals surface area contributed by atoms with Gasteiger partial charge in [-0.3, -0.25) is 4.79 Å². The van der Waals surface area contributed by atoms with Crippen LogP contribution >= 0.6 is 0 Å². The van der Waals surface area contributed by atoms with Gasteiger partial charge in [-0.2, -0.15) is 0 Å². The Hall–Kier alpha value is -2.13. The number of unbranched alkanes of at least 4 members (excludes halogenated alkanes) is 1. The molecule has 0 saturated carbocycles. The molecule has 1 aliphatic heterocycles. The van der Waals surface area contributed by atoms with Gasteiger partial charge in [0, 0.05) is 12.2 Å². The Kier molecular flexibility index (Phi) is 4.86. The van der Waals surface area contributed by atoms with Gasteiger partial charge in [0.2, 0.25) is 5.91 Å². The molecule has 114 valence electrons. The highest BCUT2D eigenvalue weighted by Crippen LogP contribution is 2.35. The number of benzene rings is 2. The minimum atomic E-state index is 0.0327. The standard InChI is InChI=1S/C19H22N2O/c22-19-17(16-10-4-5-12-18(16)21-19)11-6-7-13-20-14-15-8-2-1-3-9-15/h1-5,8-10,12,17,20H,6-7,11,13-14H2,(H,21,22). The predicted molar refractivity (Wildman–Crippen MR) is 89.8 cm³/mol. The molecule has 0 fully saturated rings. The number of amides is 1. The zero-order valence-corrected chi connectivity index (χ0v) is 12.7. The molecule has 0 bridgehead atoms. The van der Waals surface area contributed by atoms with Crippen LogP contribution in [0.4, 0.5) is 5.69 Å². The molecule has 1 aliphatic rings. The third kappa shape index (κ3) is 3.55. The largest absolute Gasteiger partial charge is 0.325 e. The third-order valence-corrected chi connectivity index (χ3v) is 4.18. The minimum absolute atomic E-state index is 0.0327. The second-order valence-corrected chi connectivity index (χ2v) is 5.79. The van der Waals surface area contributed by atoms with Crippen LogP contribution < -0.4 is 10.6 Å². The number of hydrogen-bond donors (Lipinski definition) is 2. The molecule has 3 nitrogen and oxygen atoms in total. The molecule has 0 saturated heterocycles. The van der Waals surface area contributed by atoms with Crippen LogP contribution in [0.2, 0.25) is 0 Å². The van der Waals surface area contributed by atoms with Crippen LogP contribution in [-0.4, -0.2) is 12.5 Å². The van der Waals surface area contributed by atoms with Crippen molar-refractivity contribution in [3.8, 4) is 0 Å². The van der Waals surface area contributed by atoms with E-state index < -0.39 is 0 Å². The smallest absolute Gasteiger partial charge is 0.232 e. The average molecular weight is 294 g/mol. The van der Waals surface area contributed by atoms with Crippen molar-refractivity contribution >= 4 is 11.6 Å². The number of anilines is 1. The fourth-order valence-electron chi connectivity index (χ4n) is 2.99. The highest BCUT2D eigenvalue weighted by molar-refractivity contribution is 6.02. The van der Waals surface area contributed by atoms with Crippen molar-refractivity contribution in [2.24, 2.45) is 0 Å². The first-order valence-electron chi connectivity index (χ1n) is 7.99. The summed E-state index contributed by atoms with van der Waals surface area (Å²) in [5.41, 5.74) is 3.45. The van der Waals surface area contributed by atoms with E-state index in [2.05, 4.69) is 41.0 Å². The van der Waals surface area contributed by atoms with Gasteiger partial charge in [-0.15, -0.1) is 0 Å². The van der Waals surface area contributed by atoms with Crippen LogP contribution in [-0.2, 0) is 11.3 Å². The second kappa shape index (κ2) is 7.23. The summed E-state index contributed by atoms with van der Waals surface area (Å²) in [7, 11) is 0. The number of nitrogens with one attached hydrogen (secondary N) is 2. The maximum absolute atomic E-state index is 12.0. The molecule has 3 rings (SSSR count). The van der Waals surface area contributed by atoms with Crippen molar-refractivity contribution in [3.63, 3.8) is 0 Å². The van der Waals surface area contributed by atoms with Crippen LogP contribution in [0.25, 0.3) is 0 Å². The number of fused-ring (bicyclic) bond motifs is 1. The first-order valence-corrected chi connectivity index (χ1v) is 7.99. The predicted octanol–water partition coefficient (Wildman–Crippen LogP) is 3.68. The monoisotopic (exact) mass is 294 g/mol. The lowest BCUT2D eigenvalue weighted by molar-refractivity contribution is -0.117. The third-order valence-electron chi connectivity index (χ3n) is 4.18. The Balaban J connectivity index is 1.38. The van der Waals surface area contributed by atoms with E-state index >= 15 is 0 Å². The van der Waals surface area contributed by atoms with Gasteiger partial charge in [0.1, 0.15) is 0 Å². The Bertz CT molecular complexity index is 624. The normalized spacial score (nSPS) is 16.4. The number of carbonyl (C=O) groups excluding carboxylic acids is 1. The molecule has 1 atom stereocenters. The van der Waals surface area contributed by atoms with Crippen molar-refractivity contribution in [1.82, 2.24) is 5.32 Å². The van der Waals surface area contributed by atoms with Gasteiger partial charge in [-0.05, 0) is 36.6 Å². The first kappa shape index (κ1) is 14.8. The molecular weight excluding hydrogens is 272 g/mol. The van der Waals surface area contributed by atoms with E-state index in [-0.39, 0.29) is 11.8 Å². The lowest BCUT2D eigenvalue weighted by Crippen LogP contribution is -2.16. The summed E-state index contributed by atoms with van der Waals surface area (Å²) in [6, 6.07) is 18.4. The maximum Gasteiger partial charge on any atom is 0.232 e. The van der Waals surface area contributed by atoms with Crippen molar-refractivity contribution in [3.05, 3.63) is 65.7 Å². The van der Waals surface area contributed by atoms with Crippen LogP contribution in [0.5, 0.6) is 0 Å². The number of para-hydroxylation sites is 1. The molecule has 2 aromatic rings. The van der Waals surface area contributed by atoms with Crippen molar-refractivity contribution in [2.45, 2.75) is 31.7 Å². The Morgan fingerprint density at radius 3 is 2.59 bits per heavy atom. The lowest BCUT2D eigenvalue weighted by Gasteiger charge is -2.09. The lowest BCUT2D eigenvalue weighted by atomic mass is 9.95. The molecular formula is C19H22N2O. The van der Waals surface area contributed by atoms with Gasteiger partial charge in [-0.1, -0.05) is 55.0 Å². The first-order chi connectivity index (χ1) is 10.8.